The predicted molar refractivity (Wildman–Crippen MR) is 30.9 cm³/mol. The maximum Gasteiger partial charge on any atom is 0.0261 e. The van der Waals surface area contributed by atoms with Crippen molar-refractivity contribution in [3.05, 3.63) is 24.3 Å². The van der Waals surface area contributed by atoms with Crippen LogP contribution in [0.4, 0.5) is 0 Å². The molecule has 38 valence electrons. The summed E-state index contributed by atoms with van der Waals surface area (Å²) in [5, 5.41) is 0. The van der Waals surface area contributed by atoms with Gasteiger partial charge in [0, 0.05) is 6.04 Å². The third-order valence-electron chi connectivity index (χ3n) is 1.01. The van der Waals surface area contributed by atoms with E-state index in [-0.39, 0.29) is 6.04 Å². The van der Waals surface area contributed by atoms with Crippen LogP contribution in [-0.2, 0) is 0 Å². The van der Waals surface area contributed by atoms with E-state index in [2.05, 4.69) is 6.08 Å². The number of nitrogens with two attached hydrogens (primary N) is 1. The van der Waals surface area contributed by atoms with Crippen molar-refractivity contribution < 1.29 is 0 Å². The van der Waals surface area contributed by atoms with Crippen LogP contribution < -0.4 is 5.73 Å². The Morgan fingerprint density at radius 2 is 2.29 bits per heavy atom. The first-order chi connectivity index (χ1) is 3.39. The highest BCUT2D eigenvalue weighted by Crippen LogP contribution is 1.97. The first kappa shape index (κ1) is 4.60. The quantitative estimate of drug-likeness (QED) is 0.474. The number of allylic oxidation sites excluding steroid dienone is 2. The van der Waals surface area contributed by atoms with Crippen molar-refractivity contribution in [2.24, 2.45) is 5.73 Å². The van der Waals surface area contributed by atoms with Crippen LogP contribution in [0.5, 0.6) is 0 Å². The third-order valence-corrected chi connectivity index (χ3v) is 1.01. The summed E-state index contributed by atoms with van der Waals surface area (Å²) in [6, 6.07) is 0.269. The average Bonchev–Trinajstić information content (AvgIpc) is 1.69. The van der Waals surface area contributed by atoms with E-state index < -0.39 is 0 Å². The summed E-state index contributed by atoms with van der Waals surface area (Å²) in [6.45, 7) is 0. The van der Waals surface area contributed by atoms with Crippen molar-refractivity contribution in [1.82, 2.24) is 0 Å². The van der Waals surface area contributed by atoms with Gasteiger partial charge in [-0.25, -0.2) is 0 Å². The minimum absolute atomic E-state index is 0.269. The van der Waals surface area contributed by atoms with Gasteiger partial charge in [-0.3, -0.25) is 0 Å². The zero-order chi connectivity index (χ0) is 5.11. The molecule has 0 aromatic rings. The Morgan fingerprint density at radius 3 is 2.57 bits per heavy atom. The smallest absolute Gasteiger partial charge is 0.0261 e. The van der Waals surface area contributed by atoms with Gasteiger partial charge >= 0.3 is 0 Å². The summed E-state index contributed by atoms with van der Waals surface area (Å²) in [6.07, 6.45) is 9.07. The maximum atomic E-state index is 5.50. The van der Waals surface area contributed by atoms with Crippen molar-refractivity contribution >= 4 is 0 Å². The molecule has 1 aliphatic rings. The molecule has 0 heterocycles. The Balaban J connectivity index is 2.49. The molecule has 0 fully saturated rings. The summed E-state index contributed by atoms with van der Waals surface area (Å²) in [5.41, 5.74) is 5.50. The van der Waals surface area contributed by atoms with Crippen LogP contribution >= 0.6 is 0 Å². The zero-order valence-corrected chi connectivity index (χ0v) is 4.17. The number of hydrogen-bond acceptors (Lipinski definition) is 1. The molecule has 1 heteroatoms. The molecule has 0 aromatic carbocycles. The lowest BCUT2D eigenvalue weighted by atomic mass is 10.1. The molecule has 0 amide bonds. The monoisotopic (exact) mass is 95.1 g/mol. The molecule has 0 aliphatic heterocycles. The first-order valence-electron chi connectivity index (χ1n) is 2.48. The van der Waals surface area contributed by atoms with E-state index >= 15 is 0 Å². The van der Waals surface area contributed by atoms with Gasteiger partial charge in [-0.15, -0.1) is 0 Å². The number of hydrogen-bond donors (Lipinski definition) is 1. The lowest BCUT2D eigenvalue weighted by Crippen LogP contribution is -2.16. The standard InChI is InChI=1S/C6H9N/c7-6-4-2-1-3-5-6/h1-4,6H,5,7H2/t6-/m0/s1. The molecule has 2 N–H and O–H groups in total. The van der Waals surface area contributed by atoms with Gasteiger partial charge in [-0.2, -0.15) is 0 Å². The van der Waals surface area contributed by atoms with Crippen LogP contribution in [0.2, 0.25) is 0 Å². The Hall–Kier alpha value is -0.560. The molecular weight excluding hydrogens is 86.1 g/mol. The van der Waals surface area contributed by atoms with Crippen molar-refractivity contribution in [2.75, 3.05) is 0 Å². The van der Waals surface area contributed by atoms with E-state index in [0.29, 0.717) is 0 Å². The second-order valence-electron chi connectivity index (χ2n) is 1.71. The molecule has 0 saturated carbocycles. The molecule has 0 aromatic heterocycles. The first-order valence-corrected chi connectivity index (χ1v) is 2.48. The molecule has 0 unspecified atom stereocenters. The van der Waals surface area contributed by atoms with Gasteiger partial charge in [-0.1, -0.05) is 24.3 Å². The van der Waals surface area contributed by atoms with Gasteiger partial charge < -0.3 is 5.73 Å². The Kier molecular flexibility index (Phi) is 1.27. The van der Waals surface area contributed by atoms with Crippen molar-refractivity contribution in [3.63, 3.8) is 0 Å². The zero-order valence-electron chi connectivity index (χ0n) is 4.17. The van der Waals surface area contributed by atoms with E-state index in [0.717, 1.165) is 6.42 Å². The van der Waals surface area contributed by atoms with Crippen LogP contribution in [0.15, 0.2) is 24.3 Å². The SMILES string of the molecule is N[C@H]1C=CC=CC1. The molecule has 1 rings (SSSR count). The Bertz CT molecular complexity index is 103. The fourth-order valence-electron chi connectivity index (χ4n) is 0.600. The summed E-state index contributed by atoms with van der Waals surface area (Å²) in [7, 11) is 0. The molecule has 0 spiro atoms. The lowest BCUT2D eigenvalue weighted by Gasteiger charge is -2.02. The molecular formula is C6H9N. The van der Waals surface area contributed by atoms with Crippen LogP contribution in [0, 0.1) is 0 Å². The normalized spacial score (nSPS) is 28.4. The van der Waals surface area contributed by atoms with Crippen LogP contribution in [0.25, 0.3) is 0 Å². The molecule has 0 saturated heterocycles. The Labute approximate surface area is 43.5 Å². The van der Waals surface area contributed by atoms with Crippen LogP contribution in [-0.4, -0.2) is 6.04 Å². The van der Waals surface area contributed by atoms with Gasteiger partial charge in [0.25, 0.3) is 0 Å². The van der Waals surface area contributed by atoms with E-state index in [1.54, 1.807) is 0 Å². The predicted octanol–water partition coefficient (Wildman–Crippen LogP) is 0.830. The largest absolute Gasteiger partial charge is 0.324 e. The van der Waals surface area contributed by atoms with Gasteiger partial charge in [0.15, 0.2) is 0 Å². The number of rotatable bonds is 0. The van der Waals surface area contributed by atoms with Gasteiger partial charge in [0.2, 0.25) is 0 Å². The summed E-state index contributed by atoms with van der Waals surface area (Å²) < 4.78 is 0. The summed E-state index contributed by atoms with van der Waals surface area (Å²) in [5.74, 6) is 0. The summed E-state index contributed by atoms with van der Waals surface area (Å²) in [4.78, 5) is 0. The summed E-state index contributed by atoms with van der Waals surface area (Å²) >= 11 is 0. The van der Waals surface area contributed by atoms with Crippen molar-refractivity contribution in [2.45, 2.75) is 12.5 Å². The van der Waals surface area contributed by atoms with Crippen molar-refractivity contribution in [3.8, 4) is 0 Å². The fraction of sp³-hybridized carbons (Fsp3) is 0.333. The third kappa shape index (κ3) is 1.16. The van der Waals surface area contributed by atoms with E-state index in [1.807, 2.05) is 18.2 Å². The fourth-order valence-corrected chi connectivity index (χ4v) is 0.600. The van der Waals surface area contributed by atoms with E-state index in [9.17, 15) is 0 Å². The molecule has 0 radical (unpaired) electrons. The van der Waals surface area contributed by atoms with E-state index in [4.69, 9.17) is 5.73 Å². The van der Waals surface area contributed by atoms with Gasteiger partial charge in [0.05, 0.1) is 0 Å². The maximum absolute atomic E-state index is 5.50. The second kappa shape index (κ2) is 1.94. The Morgan fingerprint density at radius 1 is 1.43 bits per heavy atom. The average molecular weight is 95.1 g/mol. The minimum Gasteiger partial charge on any atom is -0.324 e. The molecule has 1 nitrogen and oxygen atoms in total. The minimum atomic E-state index is 0.269. The molecule has 0 bridgehead atoms. The lowest BCUT2D eigenvalue weighted by molar-refractivity contribution is 0.826. The van der Waals surface area contributed by atoms with E-state index in [1.165, 1.54) is 0 Å². The topological polar surface area (TPSA) is 26.0 Å². The van der Waals surface area contributed by atoms with Crippen molar-refractivity contribution in [1.29, 1.82) is 0 Å². The van der Waals surface area contributed by atoms with Crippen LogP contribution in [0.3, 0.4) is 0 Å². The second-order valence-corrected chi connectivity index (χ2v) is 1.71. The highest BCUT2D eigenvalue weighted by Gasteiger charge is 1.93. The molecule has 7 heavy (non-hydrogen) atoms. The van der Waals surface area contributed by atoms with Gasteiger partial charge in [-0.05, 0) is 6.42 Å². The highest BCUT2D eigenvalue weighted by atomic mass is 14.6. The highest BCUT2D eigenvalue weighted by molar-refractivity contribution is 5.12. The van der Waals surface area contributed by atoms with Crippen LogP contribution in [0.1, 0.15) is 6.42 Å². The van der Waals surface area contributed by atoms with Gasteiger partial charge in [0.1, 0.15) is 0 Å². The molecule has 1 aliphatic carbocycles. The molecule has 1 atom stereocenters.